The third kappa shape index (κ3) is 2.98. The van der Waals surface area contributed by atoms with Crippen LogP contribution in [0.5, 0.6) is 0 Å². The minimum absolute atomic E-state index is 0.0937. The summed E-state index contributed by atoms with van der Waals surface area (Å²) < 4.78 is 26.0. The third-order valence-electron chi connectivity index (χ3n) is 2.84. The average molecular weight is 327 g/mol. The van der Waals surface area contributed by atoms with E-state index in [-0.39, 0.29) is 15.5 Å². The SMILES string of the molecule is CN(c1cccnc1)S(=O)(=O)c1ccc(C(=O)O)c(Cl)c1. The van der Waals surface area contributed by atoms with E-state index in [0.717, 1.165) is 16.4 Å². The van der Waals surface area contributed by atoms with Crippen LogP contribution in [-0.4, -0.2) is 31.5 Å². The van der Waals surface area contributed by atoms with Crippen molar-refractivity contribution in [3.8, 4) is 0 Å². The fourth-order valence-electron chi connectivity index (χ4n) is 1.67. The highest BCUT2D eigenvalue weighted by Gasteiger charge is 2.23. The molecule has 6 nitrogen and oxygen atoms in total. The van der Waals surface area contributed by atoms with Crippen molar-refractivity contribution in [2.45, 2.75) is 4.90 Å². The first-order valence-electron chi connectivity index (χ1n) is 5.76. The summed E-state index contributed by atoms with van der Waals surface area (Å²) in [6.45, 7) is 0. The van der Waals surface area contributed by atoms with Gasteiger partial charge in [0, 0.05) is 13.2 Å². The molecule has 2 aromatic rings. The number of aromatic nitrogens is 1. The molecule has 1 aromatic heterocycles. The van der Waals surface area contributed by atoms with E-state index in [0.29, 0.717) is 5.69 Å². The first kappa shape index (κ1) is 15.3. The molecule has 0 aliphatic rings. The maximum atomic E-state index is 12.5. The van der Waals surface area contributed by atoms with E-state index < -0.39 is 16.0 Å². The van der Waals surface area contributed by atoms with Gasteiger partial charge in [0.1, 0.15) is 0 Å². The standard InChI is InChI=1S/C13H11ClN2O4S/c1-16(9-3-2-6-15-8-9)21(19,20)10-4-5-11(13(17)18)12(14)7-10/h2-8H,1H3,(H,17,18). The van der Waals surface area contributed by atoms with Crippen LogP contribution in [-0.2, 0) is 10.0 Å². The molecular weight excluding hydrogens is 316 g/mol. The Hall–Kier alpha value is -2.12. The number of sulfonamides is 1. The Kier molecular flexibility index (Phi) is 4.15. The topological polar surface area (TPSA) is 87.6 Å². The Balaban J connectivity index is 2.45. The first-order valence-corrected chi connectivity index (χ1v) is 7.57. The number of hydrogen-bond donors (Lipinski definition) is 1. The minimum atomic E-state index is -3.84. The zero-order valence-corrected chi connectivity index (χ0v) is 12.5. The number of carboxylic acid groups (broad SMARTS) is 1. The number of carboxylic acids is 1. The number of anilines is 1. The van der Waals surface area contributed by atoms with Crippen molar-refractivity contribution in [1.82, 2.24) is 4.98 Å². The maximum absolute atomic E-state index is 12.5. The van der Waals surface area contributed by atoms with Crippen molar-refractivity contribution in [3.63, 3.8) is 0 Å². The molecule has 0 bridgehead atoms. The lowest BCUT2D eigenvalue weighted by Crippen LogP contribution is -2.26. The van der Waals surface area contributed by atoms with E-state index in [1.54, 1.807) is 12.1 Å². The summed E-state index contributed by atoms with van der Waals surface area (Å²) in [6, 6.07) is 6.69. The lowest BCUT2D eigenvalue weighted by molar-refractivity contribution is 0.0697. The van der Waals surface area contributed by atoms with Crippen molar-refractivity contribution in [2.75, 3.05) is 11.4 Å². The normalized spacial score (nSPS) is 11.1. The van der Waals surface area contributed by atoms with Crippen LogP contribution in [0.1, 0.15) is 10.4 Å². The molecule has 8 heteroatoms. The van der Waals surface area contributed by atoms with Gasteiger partial charge >= 0.3 is 5.97 Å². The van der Waals surface area contributed by atoms with Crippen molar-refractivity contribution in [2.24, 2.45) is 0 Å². The molecule has 0 saturated carbocycles. The van der Waals surface area contributed by atoms with Crippen molar-refractivity contribution in [1.29, 1.82) is 0 Å². The van der Waals surface area contributed by atoms with Crippen LogP contribution in [0, 0.1) is 0 Å². The quantitative estimate of drug-likeness (QED) is 0.931. The lowest BCUT2D eigenvalue weighted by atomic mass is 10.2. The third-order valence-corrected chi connectivity index (χ3v) is 4.93. The highest BCUT2D eigenvalue weighted by molar-refractivity contribution is 7.92. The summed E-state index contributed by atoms with van der Waals surface area (Å²) in [7, 11) is -2.46. The van der Waals surface area contributed by atoms with Crippen LogP contribution < -0.4 is 4.31 Å². The maximum Gasteiger partial charge on any atom is 0.337 e. The van der Waals surface area contributed by atoms with Gasteiger partial charge in [0.25, 0.3) is 10.0 Å². The van der Waals surface area contributed by atoms with E-state index in [1.807, 2.05) is 0 Å². The van der Waals surface area contributed by atoms with Crippen LogP contribution in [0.2, 0.25) is 5.02 Å². The summed E-state index contributed by atoms with van der Waals surface area (Å²) in [5, 5.41) is 8.76. The molecule has 0 saturated heterocycles. The van der Waals surface area contributed by atoms with Crippen LogP contribution in [0.15, 0.2) is 47.6 Å². The van der Waals surface area contributed by atoms with Gasteiger partial charge in [-0.1, -0.05) is 11.6 Å². The fourth-order valence-corrected chi connectivity index (χ4v) is 3.20. The summed E-state index contributed by atoms with van der Waals surface area (Å²) >= 11 is 5.80. The van der Waals surface area contributed by atoms with Gasteiger partial charge in [0.05, 0.1) is 27.4 Å². The number of carbonyl (C=O) groups is 1. The van der Waals surface area contributed by atoms with Crippen LogP contribution in [0.25, 0.3) is 0 Å². The van der Waals surface area contributed by atoms with Gasteiger partial charge in [-0.3, -0.25) is 9.29 Å². The molecule has 2 rings (SSSR count). The van der Waals surface area contributed by atoms with E-state index >= 15 is 0 Å². The number of benzene rings is 1. The Morgan fingerprint density at radius 3 is 2.57 bits per heavy atom. The van der Waals surface area contributed by atoms with Gasteiger partial charge in [0.2, 0.25) is 0 Å². The molecule has 1 N–H and O–H groups in total. The Labute approximate surface area is 126 Å². The molecule has 21 heavy (non-hydrogen) atoms. The lowest BCUT2D eigenvalue weighted by Gasteiger charge is -2.19. The molecule has 0 amide bonds. The number of hydrogen-bond acceptors (Lipinski definition) is 4. The molecule has 0 aliphatic carbocycles. The fraction of sp³-hybridized carbons (Fsp3) is 0.0769. The monoisotopic (exact) mass is 326 g/mol. The molecule has 1 aromatic carbocycles. The summed E-state index contributed by atoms with van der Waals surface area (Å²) in [5.41, 5.74) is 0.232. The van der Waals surface area contributed by atoms with Gasteiger partial charge in [-0.15, -0.1) is 0 Å². The predicted octanol–water partition coefficient (Wildman–Crippen LogP) is 2.26. The smallest absolute Gasteiger partial charge is 0.337 e. The molecule has 0 aliphatic heterocycles. The zero-order valence-electron chi connectivity index (χ0n) is 10.9. The minimum Gasteiger partial charge on any atom is -0.478 e. The molecule has 110 valence electrons. The van der Waals surface area contributed by atoms with Gasteiger partial charge < -0.3 is 5.11 Å². The zero-order chi connectivity index (χ0) is 15.6. The van der Waals surface area contributed by atoms with E-state index in [9.17, 15) is 13.2 Å². The Morgan fingerprint density at radius 2 is 2.05 bits per heavy atom. The Morgan fingerprint density at radius 1 is 1.33 bits per heavy atom. The van der Waals surface area contributed by atoms with Gasteiger partial charge in [-0.25, -0.2) is 13.2 Å². The molecule has 0 radical (unpaired) electrons. The van der Waals surface area contributed by atoms with E-state index in [1.165, 1.54) is 25.5 Å². The molecule has 0 fully saturated rings. The number of halogens is 1. The highest BCUT2D eigenvalue weighted by Crippen LogP contribution is 2.25. The summed E-state index contributed by atoms with van der Waals surface area (Å²) in [6.07, 6.45) is 2.94. The average Bonchev–Trinajstić information content (AvgIpc) is 2.46. The van der Waals surface area contributed by atoms with Gasteiger partial charge in [-0.05, 0) is 30.3 Å². The number of pyridine rings is 1. The van der Waals surface area contributed by atoms with Gasteiger partial charge in [-0.2, -0.15) is 0 Å². The second kappa shape index (κ2) is 5.71. The van der Waals surface area contributed by atoms with Crippen molar-refractivity contribution < 1.29 is 18.3 Å². The molecule has 1 heterocycles. The molecule has 0 spiro atoms. The molecule has 0 unspecified atom stereocenters. The number of nitrogens with zero attached hydrogens (tertiary/aromatic N) is 2. The molecular formula is C13H11ClN2O4S. The predicted molar refractivity (Wildman–Crippen MR) is 78.2 cm³/mol. The number of aromatic carboxylic acids is 1. The van der Waals surface area contributed by atoms with Crippen LogP contribution >= 0.6 is 11.6 Å². The highest BCUT2D eigenvalue weighted by atomic mass is 35.5. The summed E-state index contributed by atoms with van der Waals surface area (Å²) in [4.78, 5) is 14.6. The second-order valence-corrected chi connectivity index (χ2v) is 6.51. The summed E-state index contributed by atoms with van der Waals surface area (Å²) in [5.74, 6) is -1.22. The van der Waals surface area contributed by atoms with E-state index in [2.05, 4.69) is 4.98 Å². The van der Waals surface area contributed by atoms with Gasteiger partial charge in [0.15, 0.2) is 0 Å². The largest absolute Gasteiger partial charge is 0.478 e. The second-order valence-electron chi connectivity index (χ2n) is 4.13. The van der Waals surface area contributed by atoms with E-state index in [4.69, 9.17) is 16.7 Å². The van der Waals surface area contributed by atoms with Crippen LogP contribution in [0.4, 0.5) is 5.69 Å². The van der Waals surface area contributed by atoms with Crippen molar-refractivity contribution in [3.05, 3.63) is 53.3 Å². The Bertz CT molecular complexity index is 778. The molecule has 0 atom stereocenters. The van der Waals surface area contributed by atoms with Crippen molar-refractivity contribution >= 4 is 33.3 Å². The first-order chi connectivity index (χ1) is 9.84. The number of rotatable bonds is 4. The van der Waals surface area contributed by atoms with Crippen LogP contribution in [0.3, 0.4) is 0 Å².